The van der Waals surface area contributed by atoms with Crippen LogP contribution in [0, 0.1) is 0 Å². The van der Waals surface area contributed by atoms with Crippen molar-refractivity contribution in [2.24, 2.45) is 7.05 Å². The van der Waals surface area contributed by atoms with E-state index < -0.39 is 0 Å². The third kappa shape index (κ3) is 5.53. The molecule has 8 aromatic carbocycles. The van der Waals surface area contributed by atoms with Crippen LogP contribution in [0.15, 0.2) is 148 Å². The number of para-hydroxylation sites is 1. The molecule has 0 atom stereocenters. The molecule has 14 rings (SSSR count). The van der Waals surface area contributed by atoms with Crippen molar-refractivity contribution < 1.29 is 8.83 Å². The topological polar surface area (TPSA) is 52.3 Å². The number of nitrogens with zero attached hydrogens (tertiary/aromatic N) is 4. The maximum absolute atomic E-state index is 7.28. The quantitative estimate of drug-likeness (QED) is 0.162. The Hall–Kier alpha value is -7.51. The zero-order valence-electron chi connectivity index (χ0n) is 41.0. The van der Waals surface area contributed by atoms with E-state index in [9.17, 15) is 0 Å². The molecule has 4 aromatic heterocycles. The number of rotatable bonds is 2. The summed E-state index contributed by atoms with van der Waals surface area (Å²) in [6, 6.07) is 51.9. The molecule has 2 aliphatic heterocycles. The SMILES string of the molecule is Cn1c(-c2ccccc2)nc2cc3c(cc21)-n1c2ccc(C(C)(C)C)cc2c2c4oc5ccccc5c4c4c(c21)B3N(c1ccc(C(C)(C)C)cc1)c1cc2oc3ccc(C(C)(C)C)cc3c2cc1-4. The smallest absolute Gasteiger partial charge is 0.333 e. The first-order chi connectivity index (χ1) is 33.0. The molecule has 0 saturated heterocycles. The standard InChI is InChI=1S/C62H53BN4O2/c1-60(2,3)35-20-24-38(25-21-35)67-47-33-52-41(40-28-37(62(7,8)9)23-27-51(40)68-52)30-43(47)53-54-39-18-14-15-19-50(39)69-58(54)55-42-29-36(61(4,5)6)22-26-46(42)66-48-32-49-45(31-44(48)63(67)56(53)57(55)66)64-59(65(49)10)34-16-12-11-13-17-34/h11-33H,1-10H3. The maximum atomic E-state index is 7.28. The van der Waals surface area contributed by atoms with Gasteiger partial charge in [0.1, 0.15) is 28.2 Å². The Morgan fingerprint density at radius 3 is 1.91 bits per heavy atom. The summed E-state index contributed by atoms with van der Waals surface area (Å²) < 4.78 is 19.0. The van der Waals surface area contributed by atoms with E-state index in [1.54, 1.807) is 0 Å². The molecule has 0 fully saturated rings. The lowest BCUT2D eigenvalue weighted by Gasteiger charge is -2.42. The van der Waals surface area contributed by atoms with Gasteiger partial charge in [-0.05, 0) is 110 Å². The second kappa shape index (κ2) is 13.4. The predicted molar refractivity (Wildman–Crippen MR) is 290 cm³/mol. The van der Waals surface area contributed by atoms with E-state index in [-0.39, 0.29) is 23.1 Å². The van der Waals surface area contributed by atoms with E-state index in [0.717, 1.165) is 99.8 Å². The molecule has 6 heterocycles. The summed E-state index contributed by atoms with van der Waals surface area (Å²) in [6.45, 7) is 20.4. The number of anilines is 2. The van der Waals surface area contributed by atoms with Crippen molar-refractivity contribution >= 4 is 106 Å². The van der Waals surface area contributed by atoms with Crippen molar-refractivity contribution in [1.29, 1.82) is 0 Å². The highest BCUT2D eigenvalue weighted by atomic mass is 16.3. The summed E-state index contributed by atoms with van der Waals surface area (Å²) in [6.07, 6.45) is 0. The van der Waals surface area contributed by atoms with E-state index >= 15 is 0 Å². The van der Waals surface area contributed by atoms with Gasteiger partial charge in [-0.2, -0.15) is 0 Å². The number of imidazole rings is 1. The zero-order valence-corrected chi connectivity index (χ0v) is 41.0. The Bertz CT molecular complexity index is 4200. The van der Waals surface area contributed by atoms with Crippen LogP contribution in [-0.2, 0) is 23.3 Å². The van der Waals surface area contributed by atoms with E-state index in [2.05, 4.69) is 223 Å². The number of benzene rings is 8. The minimum Gasteiger partial charge on any atom is -0.456 e. The molecular weight excluding hydrogens is 844 g/mol. The van der Waals surface area contributed by atoms with E-state index in [4.69, 9.17) is 13.8 Å². The molecule has 12 aromatic rings. The summed E-state index contributed by atoms with van der Waals surface area (Å²) in [4.78, 5) is 8.06. The fourth-order valence-corrected chi connectivity index (χ4v) is 11.9. The highest BCUT2D eigenvalue weighted by molar-refractivity contribution is 6.94. The van der Waals surface area contributed by atoms with Gasteiger partial charge in [-0.3, -0.25) is 0 Å². The molecule has 6 nitrogen and oxygen atoms in total. The number of aryl methyl sites for hydroxylation is 1. The molecule has 0 bridgehead atoms. The van der Waals surface area contributed by atoms with Crippen LogP contribution in [0.3, 0.4) is 0 Å². The van der Waals surface area contributed by atoms with Crippen molar-refractivity contribution in [3.8, 4) is 28.2 Å². The van der Waals surface area contributed by atoms with E-state index in [1.165, 1.54) is 44.1 Å². The van der Waals surface area contributed by atoms with Crippen LogP contribution in [0.25, 0.3) is 105 Å². The van der Waals surface area contributed by atoms with Crippen LogP contribution >= 0.6 is 0 Å². The molecule has 69 heavy (non-hydrogen) atoms. The van der Waals surface area contributed by atoms with Gasteiger partial charge < -0.3 is 22.8 Å². The summed E-state index contributed by atoms with van der Waals surface area (Å²) >= 11 is 0. The molecule has 0 N–H and O–H groups in total. The molecule has 2 aliphatic rings. The van der Waals surface area contributed by atoms with Crippen LogP contribution in [0.1, 0.15) is 79.0 Å². The zero-order chi connectivity index (χ0) is 47.2. The summed E-state index contributed by atoms with van der Waals surface area (Å²) in [7, 11) is 2.15. The van der Waals surface area contributed by atoms with Crippen molar-refractivity contribution in [3.63, 3.8) is 0 Å². The van der Waals surface area contributed by atoms with Crippen LogP contribution < -0.4 is 15.7 Å². The van der Waals surface area contributed by atoms with Crippen LogP contribution in [0.4, 0.5) is 11.4 Å². The minimum atomic E-state index is -0.247. The first kappa shape index (κ1) is 40.6. The van der Waals surface area contributed by atoms with Gasteiger partial charge in [-0.15, -0.1) is 0 Å². The lowest BCUT2D eigenvalue weighted by Crippen LogP contribution is -2.60. The number of fused-ring (bicyclic) bond motifs is 17. The first-order valence-corrected chi connectivity index (χ1v) is 24.5. The Labute approximate surface area is 401 Å². The summed E-state index contributed by atoms with van der Waals surface area (Å²) in [5.41, 5.74) is 21.0. The number of hydrogen-bond acceptors (Lipinski definition) is 4. The molecule has 0 amide bonds. The largest absolute Gasteiger partial charge is 0.456 e. The normalized spacial score (nSPS) is 13.9. The summed E-state index contributed by atoms with van der Waals surface area (Å²) in [5.74, 6) is 0.943. The lowest BCUT2D eigenvalue weighted by atomic mass is 9.43. The van der Waals surface area contributed by atoms with E-state index in [1.807, 2.05) is 0 Å². The molecule has 0 spiro atoms. The monoisotopic (exact) mass is 896 g/mol. The lowest BCUT2D eigenvalue weighted by molar-refractivity contribution is 0.590. The Kier molecular flexibility index (Phi) is 7.87. The Balaban J connectivity index is 1.21. The van der Waals surface area contributed by atoms with Gasteiger partial charge in [0.25, 0.3) is 0 Å². The fraction of sp³-hybridized carbons (Fsp3) is 0.210. The third-order valence-electron chi connectivity index (χ3n) is 15.6. The number of hydrogen-bond donors (Lipinski definition) is 0. The average Bonchev–Trinajstić information content (AvgIpc) is 4.07. The van der Waals surface area contributed by atoms with Gasteiger partial charge in [0.2, 0.25) is 0 Å². The Morgan fingerprint density at radius 1 is 0.522 bits per heavy atom. The number of aromatic nitrogens is 3. The van der Waals surface area contributed by atoms with Gasteiger partial charge in [0.05, 0.1) is 27.5 Å². The van der Waals surface area contributed by atoms with Crippen LogP contribution in [0.2, 0.25) is 0 Å². The fourth-order valence-electron chi connectivity index (χ4n) is 11.9. The number of furan rings is 2. The second-order valence-corrected chi connectivity index (χ2v) is 22.9. The van der Waals surface area contributed by atoms with Crippen molar-refractivity contribution in [2.45, 2.75) is 78.6 Å². The average molecular weight is 897 g/mol. The molecule has 336 valence electrons. The van der Waals surface area contributed by atoms with Gasteiger partial charge in [0, 0.05) is 68.2 Å². The predicted octanol–water partition coefficient (Wildman–Crippen LogP) is 15.3. The molecule has 7 heteroatoms. The van der Waals surface area contributed by atoms with Crippen molar-refractivity contribution in [1.82, 2.24) is 14.1 Å². The van der Waals surface area contributed by atoms with Crippen molar-refractivity contribution in [2.75, 3.05) is 4.81 Å². The van der Waals surface area contributed by atoms with Crippen LogP contribution in [-0.4, -0.2) is 21.0 Å². The molecule has 0 unspecified atom stereocenters. The maximum Gasteiger partial charge on any atom is 0.333 e. The van der Waals surface area contributed by atoms with Gasteiger partial charge in [0.15, 0.2) is 0 Å². The first-order valence-electron chi connectivity index (χ1n) is 24.5. The third-order valence-corrected chi connectivity index (χ3v) is 15.6. The van der Waals surface area contributed by atoms with Gasteiger partial charge in [-0.25, -0.2) is 4.98 Å². The highest BCUT2D eigenvalue weighted by Crippen LogP contribution is 2.53. The van der Waals surface area contributed by atoms with Gasteiger partial charge >= 0.3 is 6.85 Å². The summed E-state index contributed by atoms with van der Waals surface area (Å²) in [5, 5.41) is 6.87. The van der Waals surface area contributed by atoms with Gasteiger partial charge in [-0.1, -0.05) is 135 Å². The van der Waals surface area contributed by atoms with Crippen LogP contribution in [0.5, 0.6) is 0 Å². The minimum absolute atomic E-state index is 0.0112. The molecule has 0 saturated carbocycles. The second-order valence-electron chi connectivity index (χ2n) is 22.9. The molecule has 0 radical (unpaired) electrons. The molecular formula is C62H53BN4O2. The Morgan fingerprint density at radius 2 is 1.17 bits per heavy atom. The van der Waals surface area contributed by atoms with E-state index in [0.29, 0.717) is 0 Å². The highest BCUT2D eigenvalue weighted by Gasteiger charge is 2.47. The molecule has 0 aliphatic carbocycles. The van der Waals surface area contributed by atoms with Crippen molar-refractivity contribution in [3.05, 3.63) is 156 Å².